The van der Waals surface area contributed by atoms with Crippen molar-refractivity contribution in [3.05, 3.63) is 29.7 Å². The van der Waals surface area contributed by atoms with Crippen LogP contribution < -0.4 is 5.32 Å². The van der Waals surface area contributed by atoms with Gasteiger partial charge in [-0.1, -0.05) is 23.1 Å². The van der Waals surface area contributed by atoms with Gasteiger partial charge in [0.25, 0.3) is 0 Å². The fourth-order valence-corrected chi connectivity index (χ4v) is 2.80. The molecule has 2 aromatic rings. The first-order chi connectivity index (χ1) is 8.25. The molecule has 0 unspecified atom stereocenters. The van der Waals surface area contributed by atoms with Crippen LogP contribution in [0.25, 0.3) is 0 Å². The normalized spacial score (nSPS) is 12.3. The van der Waals surface area contributed by atoms with Gasteiger partial charge in [-0.3, -0.25) is 4.79 Å². The Morgan fingerprint density at radius 2 is 2.59 bits per heavy atom. The molecule has 0 spiro atoms. The highest BCUT2D eigenvalue weighted by molar-refractivity contribution is 8.02. The molecule has 7 heteroatoms. The summed E-state index contributed by atoms with van der Waals surface area (Å²) in [5.74, 6) is 0.702. The van der Waals surface area contributed by atoms with Crippen molar-refractivity contribution in [1.82, 2.24) is 15.5 Å². The molecule has 0 fully saturated rings. The maximum absolute atomic E-state index is 11.7. The summed E-state index contributed by atoms with van der Waals surface area (Å²) in [4.78, 5) is 11.7. The molecule has 1 atom stereocenters. The van der Waals surface area contributed by atoms with Crippen LogP contribution in [-0.2, 0) is 11.3 Å². The molecule has 2 aromatic heterocycles. The Balaban J connectivity index is 1.79. The van der Waals surface area contributed by atoms with Crippen LogP contribution in [0, 0.1) is 0 Å². The second-order valence-electron chi connectivity index (χ2n) is 3.26. The summed E-state index contributed by atoms with van der Waals surface area (Å²) in [5, 5.41) is 10.2. The lowest BCUT2D eigenvalue weighted by Gasteiger charge is -2.08. The average molecular weight is 269 g/mol. The number of aromatic nitrogens is 2. The van der Waals surface area contributed by atoms with E-state index in [0.717, 1.165) is 10.1 Å². The number of rotatable bonds is 5. The van der Waals surface area contributed by atoms with E-state index in [2.05, 4.69) is 15.5 Å². The Bertz CT molecular complexity index is 456. The van der Waals surface area contributed by atoms with Gasteiger partial charge in [-0.15, -0.1) is 10.2 Å². The lowest BCUT2D eigenvalue weighted by atomic mass is 10.4. The van der Waals surface area contributed by atoms with Crippen LogP contribution in [0.3, 0.4) is 0 Å². The standard InChI is InChI=1S/C10H11N3O2S2/c1-7(17-10-13-12-6-16-10)9(14)11-5-8-3-2-4-15-8/h2-4,6-7H,5H2,1H3,(H,11,14)/t7-/m0/s1. The van der Waals surface area contributed by atoms with Crippen LogP contribution in [0.4, 0.5) is 0 Å². The van der Waals surface area contributed by atoms with E-state index >= 15 is 0 Å². The van der Waals surface area contributed by atoms with E-state index in [9.17, 15) is 4.79 Å². The number of amides is 1. The summed E-state index contributed by atoms with van der Waals surface area (Å²) in [6, 6.07) is 3.61. The molecule has 17 heavy (non-hydrogen) atoms. The molecule has 0 saturated carbocycles. The maximum atomic E-state index is 11.7. The number of carbonyl (C=O) groups excluding carboxylic acids is 1. The number of nitrogens with one attached hydrogen (secondary N) is 1. The zero-order valence-electron chi connectivity index (χ0n) is 9.12. The van der Waals surface area contributed by atoms with Crippen molar-refractivity contribution >= 4 is 29.0 Å². The van der Waals surface area contributed by atoms with Crippen LogP contribution in [-0.4, -0.2) is 21.4 Å². The molecule has 2 rings (SSSR count). The number of carbonyl (C=O) groups is 1. The molecule has 0 radical (unpaired) electrons. The largest absolute Gasteiger partial charge is 0.467 e. The topological polar surface area (TPSA) is 68.0 Å². The number of thioether (sulfide) groups is 1. The second-order valence-corrected chi connectivity index (χ2v) is 5.68. The molecule has 1 N–H and O–H groups in total. The molecule has 90 valence electrons. The predicted molar refractivity (Wildman–Crippen MR) is 65.8 cm³/mol. The van der Waals surface area contributed by atoms with E-state index in [4.69, 9.17) is 4.42 Å². The minimum Gasteiger partial charge on any atom is -0.467 e. The van der Waals surface area contributed by atoms with Crippen molar-refractivity contribution in [2.75, 3.05) is 0 Å². The van der Waals surface area contributed by atoms with Crippen molar-refractivity contribution < 1.29 is 9.21 Å². The molecule has 0 aliphatic heterocycles. The number of nitrogens with zero attached hydrogens (tertiary/aromatic N) is 2. The number of hydrogen-bond acceptors (Lipinski definition) is 6. The third kappa shape index (κ3) is 3.57. The first kappa shape index (κ1) is 12.1. The summed E-state index contributed by atoms with van der Waals surface area (Å²) in [6.45, 7) is 2.25. The summed E-state index contributed by atoms with van der Waals surface area (Å²) in [5.41, 5.74) is 1.65. The van der Waals surface area contributed by atoms with Gasteiger partial charge in [0.2, 0.25) is 5.91 Å². The Labute approximate surface area is 107 Å². The van der Waals surface area contributed by atoms with E-state index in [-0.39, 0.29) is 11.2 Å². The first-order valence-corrected chi connectivity index (χ1v) is 6.74. The molecule has 0 aliphatic carbocycles. The van der Waals surface area contributed by atoms with Crippen molar-refractivity contribution in [3.63, 3.8) is 0 Å². The molecule has 0 saturated heterocycles. The van der Waals surface area contributed by atoms with E-state index in [1.165, 1.54) is 23.1 Å². The minimum absolute atomic E-state index is 0.0402. The average Bonchev–Trinajstić information content (AvgIpc) is 2.98. The van der Waals surface area contributed by atoms with Crippen LogP contribution in [0.5, 0.6) is 0 Å². The zero-order chi connectivity index (χ0) is 12.1. The zero-order valence-corrected chi connectivity index (χ0v) is 10.8. The van der Waals surface area contributed by atoms with Gasteiger partial charge in [0.15, 0.2) is 4.34 Å². The molecular weight excluding hydrogens is 258 g/mol. The smallest absolute Gasteiger partial charge is 0.233 e. The lowest BCUT2D eigenvalue weighted by Crippen LogP contribution is -2.30. The fraction of sp³-hybridized carbons (Fsp3) is 0.300. The molecule has 1 amide bonds. The quantitative estimate of drug-likeness (QED) is 0.840. The number of hydrogen-bond donors (Lipinski definition) is 1. The molecule has 5 nitrogen and oxygen atoms in total. The Morgan fingerprint density at radius 1 is 1.71 bits per heavy atom. The number of furan rings is 1. The minimum atomic E-state index is -0.196. The van der Waals surface area contributed by atoms with Gasteiger partial charge < -0.3 is 9.73 Å². The van der Waals surface area contributed by atoms with E-state index in [0.29, 0.717) is 6.54 Å². The van der Waals surface area contributed by atoms with Gasteiger partial charge in [0.1, 0.15) is 11.3 Å². The van der Waals surface area contributed by atoms with Gasteiger partial charge in [-0.05, 0) is 19.1 Å². The molecular formula is C10H11N3O2S2. The Kier molecular flexibility index (Phi) is 4.16. The Morgan fingerprint density at radius 3 is 3.24 bits per heavy atom. The first-order valence-electron chi connectivity index (χ1n) is 4.98. The van der Waals surface area contributed by atoms with Gasteiger partial charge in [0.05, 0.1) is 18.1 Å². The lowest BCUT2D eigenvalue weighted by molar-refractivity contribution is -0.120. The SMILES string of the molecule is C[C@H](Sc1nncs1)C(=O)NCc1ccco1. The highest BCUT2D eigenvalue weighted by Crippen LogP contribution is 2.24. The third-order valence-electron chi connectivity index (χ3n) is 2.00. The Hall–Kier alpha value is -1.34. The van der Waals surface area contributed by atoms with Gasteiger partial charge in [0, 0.05) is 0 Å². The van der Waals surface area contributed by atoms with Gasteiger partial charge in [-0.2, -0.15) is 0 Å². The maximum Gasteiger partial charge on any atom is 0.233 e. The summed E-state index contributed by atoms with van der Waals surface area (Å²) in [7, 11) is 0. The second kappa shape index (κ2) is 5.83. The molecule has 0 aliphatic rings. The van der Waals surface area contributed by atoms with Crippen molar-refractivity contribution in [1.29, 1.82) is 0 Å². The highest BCUT2D eigenvalue weighted by Gasteiger charge is 2.15. The van der Waals surface area contributed by atoms with Gasteiger partial charge in [-0.25, -0.2) is 0 Å². The molecule has 0 aromatic carbocycles. The fourth-order valence-electron chi connectivity index (χ4n) is 1.15. The van der Waals surface area contributed by atoms with Gasteiger partial charge >= 0.3 is 0 Å². The molecule has 2 heterocycles. The summed E-state index contributed by atoms with van der Waals surface area (Å²) < 4.78 is 5.92. The monoisotopic (exact) mass is 269 g/mol. The summed E-state index contributed by atoms with van der Waals surface area (Å²) >= 11 is 2.82. The van der Waals surface area contributed by atoms with E-state index in [1.807, 2.05) is 13.0 Å². The highest BCUT2D eigenvalue weighted by atomic mass is 32.2. The summed E-state index contributed by atoms with van der Waals surface area (Å²) in [6.07, 6.45) is 1.58. The van der Waals surface area contributed by atoms with Crippen LogP contribution >= 0.6 is 23.1 Å². The molecule has 0 bridgehead atoms. The van der Waals surface area contributed by atoms with Crippen LogP contribution in [0.1, 0.15) is 12.7 Å². The van der Waals surface area contributed by atoms with Crippen molar-refractivity contribution in [3.8, 4) is 0 Å². The van der Waals surface area contributed by atoms with Crippen LogP contribution in [0.15, 0.2) is 32.7 Å². The van der Waals surface area contributed by atoms with Crippen LogP contribution in [0.2, 0.25) is 0 Å². The third-order valence-corrected chi connectivity index (χ3v) is 3.92. The predicted octanol–water partition coefficient (Wildman–Crippen LogP) is 1.93. The van der Waals surface area contributed by atoms with Crippen molar-refractivity contribution in [2.24, 2.45) is 0 Å². The van der Waals surface area contributed by atoms with E-state index < -0.39 is 0 Å². The van der Waals surface area contributed by atoms with E-state index in [1.54, 1.807) is 17.8 Å². The van der Waals surface area contributed by atoms with Crippen molar-refractivity contribution in [2.45, 2.75) is 23.1 Å².